The number of hydrogen-bond donors (Lipinski definition) is 1. The van der Waals surface area contributed by atoms with E-state index < -0.39 is 0 Å². The van der Waals surface area contributed by atoms with Gasteiger partial charge in [0.25, 0.3) is 0 Å². The summed E-state index contributed by atoms with van der Waals surface area (Å²) >= 11 is 0. The molecule has 0 spiro atoms. The van der Waals surface area contributed by atoms with Crippen molar-refractivity contribution in [1.82, 2.24) is 14.7 Å². The van der Waals surface area contributed by atoms with E-state index in [-0.39, 0.29) is 0 Å². The van der Waals surface area contributed by atoms with Crippen LogP contribution in [0.1, 0.15) is 13.3 Å². The molecule has 4 nitrogen and oxygen atoms in total. The van der Waals surface area contributed by atoms with Gasteiger partial charge in [0, 0.05) is 31.6 Å². The fourth-order valence-electron chi connectivity index (χ4n) is 2.21. The third-order valence-corrected chi connectivity index (χ3v) is 3.21. The second-order valence-corrected chi connectivity index (χ2v) is 4.41. The van der Waals surface area contributed by atoms with E-state index in [9.17, 15) is 0 Å². The first-order chi connectivity index (χ1) is 7.29. The minimum absolute atomic E-state index is 0.324. The lowest BCUT2D eigenvalue weighted by Gasteiger charge is -2.24. The lowest BCUT2D eigenvalue weighted by molar-refractivity contribution is 0.192. The highest BCUT2D eigenvalue weighted by Crippen LogP contribution is 2.18. The number of nitrogens with zero attached hydrogens (tertiary/aromatic N) is 3. The summed E-state index contributed by atoms with van der Waals surface area (Å²) in [5.41, 5.74) is 0. The van der Waals surface area contributed by atoms with Gasteiger partial charge in [0.15, 0.2) is 0 Å². The van der Waals surface area contributed by atoms with E-state index in [1.165, 1.54) is 0 Å². The zero-order valence-electron chi connectivity index (χ0n) is 9.21. The molecule has 2 heterocycles. The van der Waals surface area contributed by atoms with Crippen LogP contribution >= 0.6 is 0 Å². The van der Waals surface area contributed by atoms with Crippen LogP contribution in [-0.4, -0.2) is 45.5 Å². The third-order valence-electron chi connectivity index (χ3n) is 3.21. The Morgan fingerprint density at radius 1 is 1.60 bits per heavy atom. The summed E-state index contributed by atoms with van der Waals surface area (Å²) in [5, 5.41) is 13.3. The second-order valence-electron chi connectivity index (χ2n) is 4.41. The van der Waals surface area contributed by atoms with E-state index in [1.54, 1.807) is 0 Å². The molecule has 0 aliphatic carbocycles. The maximum absolute atomic E-state index is 9.08. The monoisotopic (exact) mass is 209 g/mol. The van der Waals surface area contributed by atoms with Crippen LogP contribution in [0.15, 0.2) is 18.5 Å². The molecule has 1 aromatic heterocycles. The molecule has 4 heteroatoms. The Kier molecular flexibility index (Phi) is 3.38. The molecule has 2 unspecified atom stereocenters. The summed E-state index contributed by atoms with van der Waals surface area (Å²) < 4.78 is 1.97. The lowest BCUT2D eigenvalue weighted by Crippen LogP contribution is -2.34. The van der Waals surface area contributed by atoms with Gasteiger partial charge in [0.05, 0.1) is 6.54 Å². The van der Waals surface area contributed by atoms with E-state index in [0.717, 1.165) is 26.1 Å². The Hall–Kier alpha value is -0.870. The summed E-state index contributed by atoms with van der Waals surface area (Å²) in [6.45, 7) is 5.62. The lowest BCUT2D eigenvalue weighted by atomic mass is 10.1. The first kappa shape index (κ1) is 10.6. The Balaban J connectivity index is 1.84. The molecule has 1 N–H and O–H groups in total. The molecule has 15 heavy (non-hydrogen) atoms. The topological polar surface area (TPSA) is 41.3 Å². The van der Waals surface area contributed by atoms with Gasteiger partial charge < -0.3 is 5.11 Å². The van der Waals surface area contributed by atoms with Gasteiger partial charge in [0.2, 0.25) is 0 Å². The van der Waals surface area contributed by atoms with Crippen molar-refractivity contribution in [2.24, 2.45) is 5.92 Å². The molecule has 1 aromatic rings. The Bertz CT molecular complexity index is 286. The van der Waals surface area contributed by atoms with Crippen molar-refractivity contribution in [3.05, 3.63) is 18.5 Å². The van der Waals surface area contributed by atoms with Crippen molar-refractivity contribution < 1.29 is 5.11 Å². The first-order valence-corrected chi connectivity index (χ1v) is 5.62. The number of aliphatic hydroxyl groups is 1. The van der Waals surface area contributed by atoms with Gasteiger partial charge in [-0.15, -0.1) is 0 Å². The summed E-state index contributed by atoms with van der Waals surface area (Å²) in [6, 6.07) is 2.45. The quantitative estimate of drug-likeness (QED) is 0.789. The molecular formula is C11H19N3O. The van der Waals surface area contributed by atoms with Crippen molar-refractivity contribution in [2.45, 2.75) is 25.9 Å². The van der Waals surface area contributed by atoms with Gasteiger partial charge >= 0.3 is 0 Å². The number of hydrogen-bond acceptors (Lipinski definition) is 3. The van der Waals surface area contributed by atoms with Crippen LogP contribution in [0.25, 0.3) is 0 Å². The van der Waals surface area contributed by atoms with E-state index in [0.29, 0.717) is 18.6 Å². The Morgan fingerprint density at radius 3 is 3.07 bits per heavy atom. The molecule has 0 radical (unpaired) electrons. The summed E-state index contributed by atoms with van der Waals surface area (Å²) in [4.78, 5) is 2.43. The molecular weight excluding hydrogens is 190 g/mol. The van der Waals surface area contributed by atoms with Crippen LogP contribution in [0.4, 0.5) is 0 Å². The van der Waals surface area contributed by atoms with E-state index in [2.05, 4.69) is 16.9 Å². The number of aliphatic hydroxyl groups excluding tert-OH is 1. The van der Waals surface area contributed by atoms with Gasteiger partial charge in [-0.05, 0) is 31.9 Å². The minimum atomic E-state index is 0.324. The first-order valence-electron chi connectivity index (χ1n) is 5.62. The summed E-state index contributed by atoms with van der Waals surface area (Å²) in [5.74, 6) is 0.477. The van der Waals surface area contributed by atoms with E-state index in [1.807, 2.05) is 23.1 Å². The molecule has 0 bridgehead atoms. The molecule has 1 fully saturated rings. The average Bonchev–Trinajstić information content (AvgIpc) is 2.86. The van der Waals surface area contributed by atoms with E-state index in [4.69, 9.17) is 5.11 Å². The number of rotatable bonds is 4. The van der Waals surface area contributed by atoms with Gasteiger partial charge in [-0.2, -0.15) is 5.10 Å². The standard InChI is InChI=1S/C11H19N3O/c1-10(7-14-5-2-4-12-14)13-6-3-11(8-13)9-15/h2,4-5,10-11,15H,3,6-9H2,1H3. The van der Waals surface area contributed by atoms with Crippen LogP contribution in [0.2, 0.25) is 0 Å². The van der Waals surface area contributed by atoms with Crippen molar-refractivity contribution >= 4 is 0 Å². The molecule has 1 aliphatic heterocycles. The molecule has 2 rings (SSSR count). The highest BCUT2D eigenvalue weighted by Gasteiger charge is 2.25. The van der Waals surface area contributed by atoms with Crippen LogP contribution in [-0.2, 0) is 6.54 Å². The largest absolute Gasteiger partial charge is 0.396 e. The van der Waals surface area contributed by atoms with Crippen molar-refractivity contribution in [2.75, 3.05) is 19.7 Å². The third kappa shape index (κ3) is 2.58. The molecule has 1 saturated heterocycles. The molecule has 0 aromatic carbocycles. The smallest absolute Gasteiger partial charge is 0.0562 e. The van der Waals surface area contributed by atoms with Crippen molar-refractivity contribution in [1.29, 1.82) is 0 Å². The Morgan fingerprint density at radius 2 is 2.47 bits per heavy atom. The Labute approximate surface area is 90.5 Å². The van der Waals surface area contributed by atoms with Gasteiger partial charge in [-0.25, -0.2) is 0 Å². The zero-order chi connectivity index (χ0) is 10.7. The maximum Gasteiger partial charge on any atom is 0.0562 e. The average molecular weight is 209 g/mol. The SMILES string of the molecule is CC(Cn1cccn1)N1CCC(CO)C1. The van der Waals surface area contributed by atoms with Gasteiger partial charge in [-0.1, -0.05) is 0 Å². The predicted octanol–water partition coefficient (Wildman–Crippen LogP) is 0.586. The summed E-state index contributed by atoms with van der Waals surface area (Å²) in [6.07, 6.45) is 4.93. The highest BCUT2D eigenvalue weighted by atomic mass is 16.3. The van der Waals surface area contributed by atoms with Gasteiger partial charge in [0.1, 0.15) is 0 Å². The second kappa shape index (κ2) is 4.77. The van der Waals surface area contributed by atoms with Crippen molar-refractivity contribution in [3.8, 4) is 0 Å². The van der Waals surface area contributed by atoms with Crippen molar-refractivity contribution in [3.63, 3.8) is 0 Å². The van der Waals surface area contributed by atoms with Crippen LogP contribution in [0.3, 0.4) is 0 Å². The van der Waals surface area contributed by atoms with E-state index >= 15 is 0 Å². The molecule has 2 atom stereocenters. The zero-order valence-corrected chi connectivity index (χ0v) is 9.21. The predicted molar refractivity (Wildman–Crippen MR) is 58.5 cm³/mol. The minimum Gasteiger partial charge on any atom is -0.396 e. The fraction of sp³-hybridized carbons (Fsp3) is 0.727. The number of aromatic nitrogens is 2. The summed E-state index contributed by atoms with van der Waals surface area (Å²) in [7, 11) is 0. The van der Waals surface area contributed by atoms with Gasteiger partial charge in [-0.3, -0.25) is 9.58 Å². The normalized spacial score (nSPS) is 24.5. The van der Waals surface area contributed by atoms with Crippen LogP contribution in [0, 0.1) is 5.92 Å². The molecule has 84 valence electrons. The fourth-order valence-corrected chi connectivity index (χ4v) is 2.21. The maximum atomic E-state index is 9.08. The van der Waals surface area contributed by atoms with Crippen LogP contribution in [0.5, 0.6) is 0 Å². The molecule has 1 aliphatic rings. The molecule has 0 saturated carbocycles. The van der Waals surface area contributed by atoms with Crippen LogP contribution < -0.4 is 0 Å². The number of likely N-dealkylation sites (tertiary alicyclic amines) is 1. The molecule has 0 amide bonds. The highest BCUT2D eigenvalue weighted by molar-refractivity contribution is 4.82.